The van der Waals surface area contributed by atoms with Crippen LogP contribution in [0.5, 0.6) is 0 Å². The maximum absolute atomic E-state index is 11.4. The Bertz CT molecular complexity index is 421. The number of hydrogen-bond acceptors (Lipinski definition) is 5. The molecule has 0 aliphatic carbocycles. The van der Waals surface area contributed by atoms with E-state index in [1.54, 1.807) is 12.3 Å². The van der Waals surface area contributed by atoms with Crippen LogP contribution in [-0.4, -0.2) is 35.0 Å². The first kappa shape index (κ1) is 12.7. The topological polar surface area (TPSA) is 108 Å². The van der Waals surface area contributed by atoms with Gasteiger partial charge in [-0.2, -0.15) is 5.26 Å². The molecule has 0 spiro atoms. The lowest BCUT2D eigenvalue weighted by Crippen LogP contribution is -2.42. The molecule has 0 aliphatic heterocycles. The number of amides is 1. The number of nitrogens with one attached hydrogen (secondary N) is 2. The predicted octanol–water partition coefficient (Wildman–Crippen LogP) is -0.476. The molecule has 0 unspecified atom stereocenters. The minimum absolute atomic E-state index is 0.216. The molecule has 7 heteroatoms. The second kappa shape index (κ2) is 6.27. The third-order valence-electron chi connectivity index (χ3n) is 2.03. The molecule has 1 aromatic rings. The van der Waals surface area contributed by atoms with Crippen molar-refractivity contribution in [3.63, 3.8) is 0 Å². The van der Waals surface area contributed by atoms with E-state index >= 15 is 0 Å². The molecule has 0 bridgehead atoms. The summed E-state index contributed by atoms with van der Waals surface area (Å²) in [6.07, 6.45) is 3.01. The van der Waals surface area contributed by atoms with Crippen LogP contribution in [0.25, 0.3) is 0 Å². The quantitative estimate of drug-likeness (QED) is 0.671. The second-order valence-electron chi connectivity index (χ2n) is 3.24. The summed E-state index contributed by atoms with van der Waals surface area (Å²) in [5.41, 5.74) is 0.623. The van der Waals surface area contributed by atoms with Crippen molar-refractivity contribution in [1.82, 2.24) is 15.3 Å². The number of ether oxygens (including phenoxy) is 1. The number of hydrogen-bond donors (Lipinski definition) is 2. The van der Waals surface area contributed by atoms with Crippen LogP contribution >= 0.6 is 0 Å². The van der Waals surface area contributed by atoms with Crippen molar-refractivity contribution in [2.45, 2.75) is 18.9 Å². The number of rotatable bonds is 5. The summed E-state index contributed by atoms with van der Waals surface area (Å²) in [5, 5.41) is 10.8. The van der Waals surface area contributed by atoms with E-state index in [0.717, 1.165) is 0 Å². The second-order valence-corrected chi connectivity index (χ2v) is 3.24. The predicted molar refractivity (Wildman–Crippen MR) is 56.5 cm³/mol. The molecule has 1 amide bonds. The fourth-order valence-corrected chi connectivity index (χ4v) is 1.26. The van der Waals surface area contributed by atoms with E-state index in [2.05, 4.69) is 20.0 Å². The Morgan fingerprint density at radius 3 is 3.00 bits per heavy atom. The van der Waals surface area contributed by atoms with Gasteiger partial charge in [-0.1, -0.05) is 0 Å². The van der Waals surface area contributed by atoms with Gasteiger partial charge in [-0.25, -0.2) is 9.78 Å². The van der Waals surface area contributed by atoms with Crippen LogP contribution in [0.3, 0.4) is 0 Å². The molecule has 0 fully saturated rings. The number of aromatic nitrogens is 2. The van der Waals surface area contributed by atoms with E-state index in [1.165, 1.54) is 13.4 Å². The summed E-state index contributed by atoms with van der Waals surface area (Å²) in [6.45, 7) is 0. The van der Waals surface area contributed by atoms with Gasteiger partial charge in [0.15, 0.2) is 0 Å². The van der Waals surface area contributed by atoms with E-state index in [1.807, 2.05) is 0 Å². The van der Waals surface area contributed by atoms with Gasteiger partial charge in [-0.3, -0.25) is 4.79 Å². The normalized spacial score (nSPS) is 11.3. The molecule has 0 aliphatic rings. The largest absolute Gasteiger partial charge is 0.467 e. The van der Waals surface area contributed by atoms with Gasteiger partial charge in [0.2, 0.25) is 5.91 Å². The number of carbonyl (C=O) groups excluding carboxylic acids is 2. The van der Waals surface area contributed by atoms with Crippen LogP contribution in [0.2, 0.25) is 0 Å². The van der Waals surface area contributed by atoms with Gasteiger partial charge in [-0.05, 0) is 0 Å². The van der Waals surface area contributed by atoms with E-state index in [9.17, 15) is 9.59 Å². The maximum Gasteiger partial charge on any atom is 0.328 e. The minimum atomic E-state index is -0.829. The van der Waals surface area contributed by atoms with Gasteiger partial charge < -0.3 is 15.0 Å². The third kappa shape index (κ3) is 3.95. The first-order valence-electron chi connectivity index (χ1n) is 4.89. The van der Waals surface area contributed by atoms with Crippen LogP contribution < -0.4 is 5.32 Å². The summed E-state index contributed by atoms with van der Waals surface area (Å²) in [5.74, 6) is -1.09. The third-order valence-corrected chi connectivity index (χ3v) is 2.03. The number of methoxy groups -OCH3 is 1. The Kier molecular flexibility index (Phi) is 4.69. The number of carbonyl (C=O) groups is 2. The first-order chi connectivity index (χ1) is 8.17. The van der Waals surface area contributed by atoms with Crippen molar-refractivity contribution >= 4 is 11.9 Å². The molecule has 1 atom stereocenters. The van der Waals surface area contributed by atoms with Crippen molar-refractivity contribution in [3.05, 3.63) is 18.2 Å². The average Bonchev–Trinajstić information content (AvgIpc) is 2.80. The number of nitrogens with zero attached hydrogens (tertiary/aromatic N) is 2. The van der Waals surface area contributed by atoms with E-state index in [4.69, 9.17) is 5.26 Å². The zero-order valence-corrected chi connectivity index (χ0v) is 9.27. The van der Waals surface area contributed by atoms with Gasteiger partial charge >= 0.3 is 5.97 Å². The van der Waals surface area contributed by atoms with Gasteiger partial charge in [0.05, 0.1) is 25.2 Å². The summed E-state index contributed by atoms with van der Waals surface area (Å²) in [7, 11) is 1.23. The van der Waals surface area contributed by atoms with Crippen molar-refractivity contribution in [2.24, 2.45) is 0 Å². The van der Waals surface area contributed by atoms with Crippen LogP contribution in [0.15, 0.2) is 12.5 Å². The van der Waals surface area contributed by atoms with E-state index in [0.29, 0.717) is 5.69 Å². The lowest BCUT2D eigenvalue weighted by atomic mass is 10.1. The highest BCUT2D eigenvalue weighted by atomic mass is 16.5. The summed E-state index contributed by atoms with van der Waals surface area (Å²) in [6, 6.07) is 0.873. The lowest BCUT2D eigenvalue weighted by molar-refractivity contribution is -0.145. The van der Waals surface area contributed by atoms with Gasteiger partial charge in [0.25, 0.3) is 0 Å². The van der Waals surface area contributed by atoms with Gasteiger partial charge in [0.1, 0.15) is 12.5 Å². The Balaban J connectivity index is 2.64. The number of esters is 1. The molecular weight excluding hydrogens is 224 g/mol. The number of aromatic amines is 1. The molecule has 17 heavy (non-hydrogen) atoms. The molecule has 7 nitrogen and oxygen atoms in total. The number of H-pyrrole nitrogens is 1. The van der Waals surface area contributed by atoms with E-state index in [-0.39, 0.29) is 12.8 Å². The maximum atomic E-state index is 11.4. The number of imidazole rings is 1. The smallest absolute Gasteiger partial charge is 0.328 e. The van der Waals surface area contributed by atoms with Crippen LogP contribution in [0, 0.1) is 11.3 Å². The summed E-state index contributed by atoms with van der Waals surface area (Å²) >= 11 is 0. The molecule has 0 saturated carbocycles. The summed E-state index contributed by atoms with van der Waals surface area (Å²) < 4.78 is 4.57. The molecule has 0 radical (unpaired) electrons. The monoisotopic (exact) mass is 236 g/mol. The van der Waals surface area contributed by atoms with Crippen molar-refractivity contribution in [2.75, 3.05) is 7.11 Å². The zero-order valence-electron chi connectivity index (χ0n) is 9.27. The van der Waals surface area contributed by atoms with E-state index < -0.39 is 17.9 Å². The number of nitriles is 1. The Labute approximate surface area is 97.8 Å². The lowest BCUT2D eigenvalue weighted by Gasteiger charge is -2.14. The SMILES string of the molecule is COC(=O)[C@H](Cc1c[nH]cn1)NC(=O)CC#N. The zero-order chi connectivity index (χ0) is 12.7. The van der Waals surface area contributed by atoms with Crippen LogP contribution in [-0.2, 0) is 20.7 Å². The highest BCUT2D eigenvalue weighted by molar-refractivity contribution is 5.85. The molecule has 1 aromatic heterocycles. The van der Waals surface area contributed by atoms with Crippen molar-refractivity contribution < 1.29 is 14.3 Å². The fraction of sp³-hybridized carbons (Fsp3) is 0.400. The van der Waals surface area contributed by atoms with Gasteiger partial charge in [-0.15, -0.1) is 0 Å². The Morgan fingerprint density at radius 1 is 1.71 bits per heavy atom. The average molecular weight is 236 g/mol. The van der Waals surface area contributed by atoms with Crippen LogP contribution in [0.1, 0.15) is 12.1 Å². The Morgan fingerprint density at radius 2 is 2.47 bits per heavy atom. The Hall–Kier alpha value is -2.36. The molecule has 0 aromatic carbocycles. The molecular formula is C10H12N4O3. The first-order valence-corrected chi connectivity index (χ1v) is 4.89. The van der Waals surface area contributed by atoms with Crippen molar-refractivity contribution in [1.29, 1.82) is 5.26 Å². The van der Waals surface area contributed by atoms with Crippen molar-refractivity contribution in [3.8, 4) is 6.07 Å². The molecule has 2 N–H and O–H groups in total. The molecule has 1 heterocycles. The highest BCUT2D eigenvalue weighted by Gasteiger charge is 2.22. The molecule has 90 valence electrons. The fourth-order valence-electron chi connectivity index (χ4n) is 1.26. The standard InChI is InChI=1S/C10H12N4O3/c1-17-10(16)8(14-9(15)2-3-11)4-7-5-12-6-13-7/h5-6,8H,2,4H2,1H3,(H,12,13)(H,14,15)/t8-/m0/s1. The van der Waals surface area contributed by atoms with Gasteiger partial charge in [0, 0.05) is 12.6 Å². The minimum Gasteiger partial charge on any atom is -0.467 e. The molecule has 1 rings (SSSR count). The highest BCUT2D eigenvalue weighted by Crippen LogP contribution is 2.00. The molecule has 0 saturated heterocycles. The van der Waals surface area contributed by atoms with Crippen LogP contribution in [0.4, 0.5) is 0 Å². The summed E-state index contributed by atoms with van der Waals surface area (Å²) in [4.78, 5) is 29.3.